The lowest BCUT2D eigenvalue weighted by Crippen LogP contribution is -2.53. The Kier molecular flexibility index (Phi) is 6.35. The summed E-state index contributed by atoms with van der Waals surface area (Å²) in [6, 6.07) is 4.36. The van der Waals surface area contributed by atoms with Gasteiger partial charge in [0, 0.05) is 32.2 Å². The predicted molar refractivity (Wildman–Crippen MR) is 94.3 cm³/mol. The molecule has 0 saturated carbocycles. The Bertz CT molecular complexity index is 729. The molecule has 11 heteroatoms. The van der Waals surface area contributed by atoms with E-state index in [9.17, 15) is 21.6 Å². The number of alkyl halides is 3. The van der Waals surface area contributed by atoms with Gasteiger partial charge in [0.05, 0.1) is 4.90 Å². The fraction of sp³-hybridized carbons (Fsp3) is 0.533. The van der Waals surface area contributed by atoms with E-state index in [0.717, 1.165) is 24.3 Å². The van der Waals surface area contributed by atoms with Crippen molar-refractivity contribution in [2.24, 2.45) is 0 Å². The third kappa shape index (κ3) is 5.45. The lowest BCUT2D eigenvalue weighted by Gasteiger charge is -2.36. The van der Waals surface area contributed by atoms with Crippen molar-refractivity contribution in [3.63, 3.8) is 0 Å². The van der Waals surface area contributed by atoms with Gasteiger partial charge in [0.2, 0.25) is 10.0 Å². The van der Waals surface area contributed by atoms with Crippen LogP contribution >= 0.6 is 12.2 Å². The third-order valence-electron chi connectivity index (χ3n) is 3.63. The number of hydrogen-bond acceptors (Lipinski definition) is 4. The second-order valence-electron chi connectivity index (χ2n) is 6.01. The van der Waals surface area contributed by atoms with E-state index in [0.29, 0.717) is 18.2 Å². The molecule has 0 amide bonds. The summed E-state index contributed by atoms with van der Waals surface area (Å²) in [4.78, 5) is 1.81. The van der Waals surface area contributed by atoms with Gasteiger partial charge >= 0.3 is 6.36 Å². The van der Waals surface area contributed by atoms with Gasteiger partial charge in [-0.15, -0.1) is 13.2 Å². The van der Waals surface area contributed by atoms with Gasteiger partial charge in [0.1, 0.15) is 5.75 Å². The van der Waals surface area contributed by atoms with Crippen molar-refractivity contribution in [2.45, 2.75) is 31.1 Å². The monoisotopic (exact) mass is 411 g/mol. The van der Waals surface area contributed by atoms with Crippen molar-refractivity contribution in [1.29, 1.82) is 0 Å². The minimum Gasteiger partial charge on any atom is -0.406 e. The molecule has 146 valence electrons. The van der Waals surface area contributed by atoms with Crippen molar-refractivity contribution in [1.82, 2.24) is 14.5 Å². The highest BCUT2D eigenvalue weighted by atomic mass is 32.2. The Hall–Kier alpha value is -1.59. The molecule has 1 aromatic rings. The SMILES string of the molecule is CC(C)NC(=S)N1CCN(S(=O)(=O)c2ccc(OC(F)(F)F)cc2)CC1. The predicted octanol–water partition coefficient (Wildman–Crippen LogP) is 2.17. The van der Waals surface area contributed by atoms with Crippen LogP contribution in [0.15, 0.2) is 29.2 Å². The van der Waals surface area contributed by atoms with E-state index in [2.05, 4.69) is 10.1 Å². The fourth-order valence-electron chi connectivity index (χ4n) is 2.43. The molecule has 0 aromatic heterocycles. The zero-order chi connectivity index (χ0) is 19.5. The molecule has 0 radical (unpaired) electrons. The molecule has 26 heavy (non-hydrogen) atoms. The number of piperazine rings is 1. The number of hydrogen-bond donors (Lipinski definition) is 1. The van der Waals surface area contributed by atoms with Gasteiger partial charge < -0.3 is 15.0 Å². The summed E-state index contributed by atoms with van der Waals surface area (Å²) >= 11 is 5.27. The van der Waals surface area contributed by atoms with Crippen LogP contribution in [0.25, 0.3) is 0 Å². The topological polar surface area (TPSA) is 61.9 Å². The van der Waals surface area contributed by atoms with Crippen LogP contribution in [0.4, 0.5) is 13.2 Å². The molecule has 6 nitrogen and oxygen atoms in total. The molecule has 1 aromatic carbocycles. The molecule has 1 aliphatic rings. The Morgan fingerprint density at radius 3 is 2.15 bits per heavy atom. The quantitative estimate of drug-likeness (QED) is 0.767. The highest BCUT2D eigenvalue weighted by Crippen LogP contribution is 2.25. The molecule has 0 bridgehead atoms. The van der Waals surface area contributed by atoms with Crippen LogP contribution in [-0.4, -0.2) is 61.3 Å². The number of nitrogens with zero attached hydrogens (tertiary/aromatic N) is 2. The third-order valence-corrected chi connectivity index (χ3v) is 5.92. The van der Waals surface area contributed by atoms with Crippen molar-refractivity contribution in [3.8, 4) is 5.75 Å². The van der Waals surface area contributed by atoms with Crippen LogP contribution < -0.4 is 10.1 Å². The molecule has 0 atom stereocenters. The van der Waals surface area contributed by atoms with Crippen LogP contribution in [0.5, 0.6) is 5.75 Å². The molecule has 1 aliphatic heterocycles. The number of benzene rings is 1. The zero-order valence-electron chi connectivity index (χ0n) is 14.3. The number of rotatable bonds is 4. The average molecular weight is 411 g/mol. The molecular formula is C15H20F3N3O3S2. The lowest BCUT2D eigenvalue weighted by atomic mass is 10.3. The first-order valence-corrected chi connectivity index (χ1v) is 9.75. The zero-order valence-corrected chi connectivity index (χ0v) is 15.9. The smallest absolute Gasteiger partial charge is 0.406 e. The van der Waals surface area contributed by atoms with Crippen LogP contribution in [0.2, 0.25) is 0 Å². The number of thiocarbonyl (C=S) groups is 1. The minimum absolute atomic E-state index is 0.0802. The van der Waals surface area contributed by atoms with Crippen molar-refractivity contribution in [3.05, 3.63) is 24.3 Å². The van der Waals surface area contributed by atoms with E-state index in [4.69, 9.17) is 12.2 Å². The van der Waals surface area contributed by atoms with Crippen LogP contribution in [0.3, 0.4) is 0 Å². The van der Waals surface area contributed by atoms with Crippen LogP contribution in [0, 0.1) is 0 Å². The molecule has 1 N–H and O–H groups in total. The van der Waals surface area contributed by atoms with E-state index in [-0.39, 0.29) is 24.0 Å². The summed E-state index contributed by atoms with van der Waals surface area (Å²) in [6.07, 6.45) is -4.82. The first kappa shape index (κ1) is 20.7. The Morgan fingerprint density at radius 2 is 1.69 bits per heavy atom. The number of halogens is 3. The maximum Gasteiger partial charge on any atom is 0.573 e. The first-order valence-electron chi connectivity index (χ1n) is 7.90. The van der Waals surface area contributed by atoms with Crippen molar-refractivity contribution >= 4 is 27.4 Å². The minimum atomic E-state index is -4.82. The molecular weight excluding hydrogens is 391 g/mol. The van der Waals surface area contributed by atoms with E-state index in [1.165, 1.54) is 4.31 Å². The summed E-state index contributed by atoms with van der Waals surface area (Å²) in [7, 11) is -3.79. The standard InChI is InChI=1S/C15H20F3N3O3S2/c1-11(2)19-14(25)20-7-9-21(10-8-20)26(22,23)13-5-3-12(4-6-13)24-15(16,17)18/h3-6,11H,7-10H2,1-2H3,(H,19,25). The maximum absolute atomic E-state index is 12.6. The lowest BCUT2D eigenvalue weighted by molar-refractivity contribution is -0.274. The molecule has 0 unspecified atom stereocenters. The highest BCUT2D eigenvalue weighted by Gasteiger charge is 2.32. The van der Waals surface area contributed by atoms with Gasteiger partial charge in [-0.25, -0.2) is 8.42 Å². The van der Waals surface area contributed by atoms with Gasteiger partial charge in [-0.3, -0.25) is 0 Å². The Labute approximate surface area is 156 Å². The highest BCUT2D eigenvalue weighted by molar-refractivity contribution is 7.89. The maximum atomic E-state index is 12.6. The van der Waals surface area contributed by atoms with Gasteiger partial charge in [-0.1, -0.05) is 0 Å². The van der Waals surface area contributed by atoms with Gasteiger partial charge in [0.25, 0.3) is 0 Å². The average Bonchev–Trinajstić information content (AvgIpc) is 2.53. The van der Waals surface area contributed by atoms with Gasteiger partial charge in [-0.2, -0.15) is 4.31 Å². The molecule has 0 spiro atoms. The second kappa shape index (κ2) is 7.97. The Balaban J connectivity index is 2.02. The van der Waals surface area contributed by atoms with Crippen LogP contribution in [-0.2, 0) is 10.0 Å². The fourth-order valence-corrected chi connectivity index (χ4v) is 4.27. The summed E-state index contributed by atoms with van der Waals surface area (Å²) < 4.78 is 66.8. The van der Waals surface area contributed by atoms with Gasteiger partial charge in [-0.05, 0) is 50.3 Å². The number of ether oxygens (including phenoxy) is 1. The first-order chi connectivity index (χ1) is 12.0. The van der Waals surface area contributed by atoms with Crippen molar-refractivity contribution in [2.75, 3.05) is 26.2 Å². The molecule has 1 heterocycles. The summed E-state index contributed by atoms with van der Waals surface area (Å²) in [5, 5.41) is 3.68. The summed E-state index contributed by atoms with van der Waals surface area (Å²) in [6.45, 7) is 5.27. The van der Waals surface area contributed by atoms with E-state index in [1.807, 2.05) is 18.7 Å². The largest absolute Gasteiger partial charge is 0.573 e. The van der Waals surface area contributed by atoms with Gasteiger partial charge in [0.15, 0.2) is 5.11 Å². The van der Waals surface area contributed by atoms with E-state index >= 15 is 0 Å². The normalized spacial score (nSPS) is 16.6. The summed E-state index contributed by atoms with van der Waals surface area (Å²) in [5.74, 6) is -0.466. The second-order valence-corrected chi connectivity index (χ2v) is 8.34. The van der Waals surface area contributed by atoms with E-state index < -0.39 is 22.1 Å². The summed E-state index contributed by atoms with van der Waals surface area (Å²) in [5.41, 5.74) is 0. The molecule has 2 rings (SSSR count). The molecule has 0 aliphatic carbocycles. The van der Waals surface area contributed by atoms with Crippen LogP contribution in [0.1, 0.15) is 13.8 Å². The van der Waals surface area contributed by atoms with E-state index in [1.54, 1.807) is 0 Å². The van der Waals surface area contributed by atoms with Crippen molar-refractivity contribution < 1.29 is 26.3 Å². The molecule has 1 fully saturated rings. The Morgan fingerprint density at radius 1 is 1.15 bits per heavy atom. The number of sulfonamides is 1. The number of nitrogens with one attached hydrogen (secondary N) is 1. The molecule has 1 saturated heterocycles.